The molecule has 0 saturated carbocycles. The highest BCUT2D eigenvalue weighted by Crippen LogP contribution is 2.20. The van der Waals surface area contributed by atoms with Crippen LogP contribution in [-0.2, 0) is 4.74 Å². The van der Waals surface area contributed by atoms with Gasteiger partial charge in [-0.25, -0.2) is 0 Å². The molecular weight excluding hydrogens is 252 g/mol. The maximum atomic E-state index is 12.1. The van der Waals surface area contributed by atoms with E-state index in [2.05, 4.69) is 5.32 Å². The molecule has 18 heavy (non-hydrogen) atoms. The lowest BCUT2D eigenvalue weighted by Gasteiger charge is -2.13. The molecule has 1 aromatic carbocycles. The van der Waals surface area contributed by atoms with Crippen molar-refractivity contribution in [2.24, 2.45) is 0 Å². The standard InChI is InChI=1S/C13H19ClN2O2/c1-9(16-6-3-7-18-2)13(17)10-4-5-12(15)11(14)8-10/h4-5,8-9,16H,3,6-7,15H2,1-2H3. The third-order valence-corrected chi connectivity index (χ3v) is 2.98. The number of ketones is 1. The van der Waals surface area contributed by atoms with E-state index >= 15 is 0 Å². The first-order valence-corrected chi connectivity index (χ1v) is 6.25. The number of hydrogen-bond acceptors (Lipinski definition) is 4. The predicted molar refractivity (Wildman–Crippen MR) is 74.2 cm³/mol. The summed E-state index contributed by atoms with van der Waals surface area (Å²) in [4.78, 5) is 12.1. The van der Waals surface area contributed by atoms with E-state index < -0.39 is 0 Å². The Morgan fingerprint density at radius 3 is 2.89 bits per heavy atom. The van der Waals surface area contributed by atoms with Gasteiger partial charge in [-0.15, -0.1) is 0 Å². The van der Waals surface area contributed by atoms with Gasteiger partial charge in [-0.3, -0.25) is 4.79 Å². The van der Waals surface area contributed by atoms with E-state index in [9.17, 15) is 4.79 Å². The smallest absolute Gasteiger partial charge is 0.179 e. The molecule has 0 heterocycles. The number of halogens is 1. The zero-order valence-electron chi connectivity index (χ0n) is 10.7. The summed E-state index contributed by atoms with van der Waals surface area (Å²) in [6.07, 6.45) is 0.872. The van der Waals surface area contributed by atoms with Crippen LogP contribution < -0.4 is 11.1 Å². The molecule has 0 saturated heterocycles. The molecule has 1 atom stereocenters. The number of methoxy groups -OCH3 is 1. The number of rotatable bonds is 7. The number of anilines is 1. The summed E-state index contributed by atoms with van der Waals surface area (Å²) in [5.74, 6) is 0.00863. The Bertz CT molecular complexity index is 410. The van der Waals surface area contributed by atoms with Crippen LogP contribution in [0.2, 0.25) is 5.02 Å². The van der Waals surface area contributed by atoms with Crippen LogP contribution in [0.15, 0.2) is 18.2 Å². The SMILES string of the molecule is COCCCNC(C)C(=O)c1ccc(N)c(Cl)c1. The molecule has 4 nitrogen and oxygen atoms in total. The Kier molecular flexibility index (Phi) is 6.12. The number of hydrogen-bond donors (Lipinski definition) is 2. The van der Waals surface area contributed by atoms with Crippen LogP contribution in [0.1, 0.15) is 23.7 Å². The van der Waals surface area contributed by atoms with Gasteiger partial charge in [0.05, 0.1) is 16.8 Å². The van der Waals surface area contributed by atoms with E-state index in [1.54, 1.807) is 25.3 Å². The van der Waals surface area contributed by atoms with E-state index in [0.717, 1.165) is 13.0 Å². The van der Waals surface area contributed by atoms with Gasteiger partial charge in [0, 0.05) is 19.3 Å². The number of nitrogens with two attached hydrogens (primary N) is 1. The van der Waals surface area contributed by atoms with Crippen molar-refractivity contribution >= 4 is 23.1 Å². The van der Waals surface area contributed by atoms with Crippen molar-refractivity contribution < 1.29 is 9.53 Å². The number of carbonyl (C=O) groups is 1. The van der Waals surface area contributed by atoms with Crippen molar-refractivity contribution in [1.29, 1.82) is 0 Å². The Morgan fingerprint density at radius 2 is 2.28 bits per heavy atom. The molecule has 0 aliphatic heterocycles. The largest absolute Gasteiger partial charge is 0.398 e. The van der Waals surface area contributed by atoms with Gasteiger partial charge in [0.15, 0.2) is 5.78 Å². The summed E-state index contributed by atoms with van der Waals surface area (Å²) in [5, 5.41) is 3.56. The molecule has 0 aliphatic carbocycles. The fourth-order valence-electron chi connectivity index (χ4n) is 1.56. The Balaban J connectivity index is 2.54. The van der Waals surface area contributed by atoms with Crippen LogP contribution >= 0.6 is 11.6 Å². The fraction of sp³-hybridized carbons (Fsp3) is 0.462. The fourth-order valence-corrected chi connectivity index (χ4v) is 1.74. The molecular formula is C13H19ClN2O2. The maximum absolute atomic E-state index is 12.1. The highest BCUT2D eigenvalue weighted by Gasteiger charge is 2.15. The molecule has 0 aliphatic rings. The molecule has 5 heteroatoms. The molecule has 0 bridgehead atoms. The minimum Gasteiger partial charge on any atom is -0.398 e. The lowest BCUT2D eigenvalue weighted by molar-refractivity contribution is 0.0949. The third-order valence-electron chi connectivity index (χ3n) is 2.65. The Hall–Kier alpha value is -1.10. The van der Waals surface area contributed by atoms with Gasteiger partial charge in [0.2, 0.25) is 0 Å². The number of carbonyl (C=O) groups excluding carboxylic acids is 1. The topological polar surface area (TPSA) is 64.3 Å². The van der Waals surface area contributed by atoms with Crippen LogP contribution in [0.4, 0.5) is 5.69 Å². The average molecular weight is 271 g/mol. The van der Waals surface area contributed by atoms with Gasteiger partial charge in [0.1, 0.15) is 0 Å². The highest BCUT2D eigenvalue weighted by atomic mass is 35.5. The van der Waals surface area contributed by atoms with Gasteiger partial charge in [-0.1, -0.05) is 11.6 Å². The number of benzene rings is 1. The molecule has 0 fully saturated rings. The Morgan fingerprint density at radius 1 is 1.56 bits per heavy atom. The third kappa shape index (κ3) is 4.29. The van der Waals surface area contributed by atoms with Crippen molar-refractivity contribution in [3.63, 3.8) is 0 Å². The molecule has 0 spiro atoms. The number of ether oxygens (including phenoxy) is 1. The summed E-state index contributed by atoms with van der Waals surface area (Å²) in [5.41, 5.74) is 6.66. The van der Waals surface area contributed by atoms with E-state index in [0.29, 0.717) is 22.9 Å². The summed E-state index contributed by atoms with van der Waals surface area (Å²) in [6.45, 7) is 3.25. The quantitative estimate of drug-likeness (QED) is 0.453. The van der Waals surface area contributed by atoms with E-state index in [-0.39, 0.29) is 11.8 Å². The van der Waals surface area contributed by atoms with Crippen molar-refractivity contribution in [3.05, 3.63) is 28.8 Å². The average Bonchev–Trinajstić information content (AvgIpc) is 2.37. The van der Waals surface area contributed by atoms with Gasteiger partial charge in [-0.05, 0) is 38.1 Å². The summed E-state index contributed by atoms with van der Waals surface area (Å²) in [6, 6.07) is 4.69. The molecule has 1 aromatic rings. The lowest BCUT2D eigenvalue weighted by atomic mass is 10.0. The first kappa shape index (κ1) is 15.0. The number of Topliss-reactive ketones (excluding diaryl/α,β-unsaturated/α-hetero) is 1. The normalized spacial score (nSPS) is 12.4. The first-order valence-electron chi connectivity index (χ1n) is 5.87. The number of nitrogen functional groups attached to an aromatic ring is 1. The minimum absolute atomic E-state index is 0.00863. The molecule has 0 amide bonds. The summed E-state index contributed by atoms with van der Waals surface area (Å²) < 4.78 is 4.94. The van der Waals surface area contributed by atoms with Crippen LogP contribution in [0.5, 0.6) is 0 Å². The maximum Gasteiger partial charge on any atom is 0.179 e. The molecule has 3 N–H and O–H groups in total. The second-order valence-corrected chi connectivity index (χ2v) is 4.53. The van der Waals surface area contributed by atoms with Crippen molar-refractivity contribution in [3.8, 4) is 0 Å². The van der Waals surface area contributed by atoms with E-state index in [1.807, 2.05) is 6.92 Å². The zero-order valence-corrected chi connectivity index (χ0v) is 11.5. The second kappa shape index (κ2) is 7.36. The van der Waals surface area contributed by atoms with Crippen LogP contribution in [0.3, 0.4) is 0 Å². The molecule has 1 rings (SSSR count). The Labute approximate surface area is 112 Å². The highest BCUT2D eigenvalue weighted by molar-refractivity contribution is 6.33. The van der Waals surface area contributed by atoms with Gasteiger partial charge < -0.3 is 15.8 Å². The summed E-state index contributed by atoms with van der Waals surface area (Å²) in [7, 11) is 1.66. The van der Waals surface area contributed by atoms with Crippen LogP contribution in [0, 0.1) is 0 Å². The van der Waals surface area contributed by atoms with Gasteiger partial charge in [0.25, 0.3) is 0 Å². The molecule has 1 unspecified atom stereocenters. The van der Waals surface area contributed by atoms with E-state index in [4.69, 9.17) is 22.1 Å². The minimum atomic E-state index is -0.249. The second-order valence-electron chi connectivity index (χ2n) is 4.12. The first-order chi connectivity index (χ1) is 8.56. The molecule has 100 valence electrons. The number of nitrogens with one attached hydrogen (secondary N) is 1. The van der Waals surface area contributed by atoms with Gasteiger partial charge in [-0.2, -0.15) is 0 Å². The van der Waals surface area contributed by atoms with Crippen molar-refractivity contribution in [1.82, 2.24) is 5.32 Å². The van der Waals surface area contributed by atoms with E-state index in [1.165, 1.54) is 0 Å². The molecule has 0 radical (unpaired) electrons. The van der Waals surface area contributed by atoms with Gasteiger partial charge >= 0.3 is 0 Å². The predicted octanol–water partition coefficient (Wildman–Crippen LogP) is 2.12. The van der Waals surface area contributed by atoms with Crippen molar-refractivity contribution in [2.45, 2.75) is 19.4 Å². The van der Waals surface area contributed by atoms with Crippen LogP contribution in [0.25, 0.3) is 0 Å². The zero-order chi connectivity index (χ0) is 13.5. The molecule has 0 aromatic heterocycles. The van der Waals surface area contributed by atoms with Crippen molar-refractivity contribution in [2.75, 3.05) is 26.0 Å². The summed E-state index contributed by atoms with van der Waals surface area (Å²) >= 11 is 5.89. The van der Waals surface area contributed by atoms with Crippen LogP contribution in [-0.4, -0.2) is 32.1 Å². The lowest BCUT2D eigenvalue weighted by Crippen LogP contribution is -2.35. The monoisotopic (exact) mass is 270 g/mol.